The van der Waals surface area contributed by atoms with Crippen molar-refractivity contribution in [1.82, 2.24) is 19.8 Å². The van der Waals surface area contributed by atoms with Crippen molar-refractivity contribution in [2.75, 3.05) is 20.3 Å². The standard InChI is InChI=1S/C25H28N4O3S/c1-15-8-9-18(24(30)31)14-21(15)29-16(2)13-19(17(29)3)23-22(20-7-5-6-10-26-20)27-25(33)28(23)11-12-32-4/h5-10,13-14,22-23H,11-12H2,1-4H3,(H,27,33)(H,30,31)/t22-,23-/m0/s1. The van der Waals surface area contributed by atoms with Gasteiger partial charge < -0.3 is 24.6 Å². The summed E-state index contributed by atoms with van der Waals surface area (Å²) in [5.41, 5.74) is 6.23. The van der Waals surface area contributed by atoms with Crippen LogP contribution in [0.25, 0.3) is 5.69 Å². The molecular weight excluding hydrogens is 436 g/mol. The maximum absolute atomic E-state index is 11.6. The zero-order valence-corrected chi connectivity index (χ0v) is 20.0. The molecular formula is C25H28N4O3S. The summed E-state index contributed by atoms with van der Waals surface area (Å²) in [5, 5.41) is 13.6. The summed E-state index contributed by atoms with van der Waals surface area (Å²) in [4.78, 5) is 18.4. The van der Waals surface area contributed by atoms with Gasteiger partial charge in [-0.05, 0) is 74.4 Å². The third-order valence-corrected chi connectivity index (χ3v) is 6.57. The maximum Gasteiger partial charge on any atom is 0.335 e. The summed E-state index contributed by atoms with van der Waals surface area (Å²) in [5.74, 6) is -0.940. The van der Waals surface area contributed by atoms with E-state index < -0.39 is 5.97 Å². The van der Waals surface area contributed by atoms with E-state index in [2.05, 4.69) is 32.8 Å². The van der Waals surface area contributed by atoms with Crippen LogP contribution in [0.15, 0.2) is 48.7 Å². The maximum atomic E-state index is 11.6. The number of methoxy groups -OCH3 is 1. The number of carboxylic acids is 1. The number of benzene rings is 1. The average molecular weight is 465 g/mol. The van der Waals surface area contributed by atoms with Crippen LogP contribution in [0.3, 0.4) is 0 Å². The molecule has 33 heavy (non-hydrogen) atoms. The van der Waals surface area contributed by atoms with Gasteiger partial charge in [-0.15, -0.1) is 0 Å². The number of aryl methyl sites for hydroxylation is 2. The van der Waals surface area contributed by atoms with Crippen molar-refractivity contribution in [3.63, 3.8) is 0 Å². The second-order valence-corrected chi connectivity index (χ2v) is 8.67. The summed E-state index contributed by atoms with van der Waals surface area (Å²) >= 11 is 5.71. The predicted molar refractivity (Wildman–Crippen MR) is 131 cm³/mol. The number of pyridine rings is 1. The molecule has 7 nitrogen and oxygen atoms in total. The molecule has 0 amide bonds. The first-order valence-electron chi connectivity index (χ1n) is 10.8. The number of hydrogen-bond donors (Lipinski definition) is 2. The Morgan fingerprint density at radius 2 is 2.00 bits per heavy atom. The molecule has 3 heterocycles. The van der Waals surface area contributed by atoms with E-state index in [0.29, 0.717) is 18.3 Å². The SMILES string of the molecule is COCCN1C(=S)N[C@@H](c2ccccn2)[C@@H]1c1cc(C)n(-c2cc(C(=O)O)ccc2C)c1C. The predicted octanol–water partition coefficient (Wildman–Crippen LogP) is 4.11. The van der Waals surface area contributed by atoms with Gasteiger partial charge in [0.05, 0.1) is 29.9 Å². The lowest BCUT2D eigenvalue weighted by Crippen LogP contribution is -2.32. The van der Waals surface area contributed by atoms with Gasteiger partial charge in [0.25, 0.3) is 0 Å². The molecule has 8 heteroatoms. The molecule has 0 unspecified atom stereocenters. The highest BCUT2D eigenvalue weighted by atomic mass is 32.1. The fourth-order valence-electron chi connectivity index (χ4n) is 4.62. The van der Waals surface area contributed by atoms with Gasteiger partial charge in [0.2, 0.25) is 0 Å². The Kier molecular flexibility index (Phi) is 6.49. The average Bonchev–Trinajstić information content (AvgIpc) is 3.28. The van der Waals surface area contributed by atoms with Gasteiger partial charge in [0.1, 0.15) is 0 Å². The molecule has 1 aromatic carbocycles. The highest BCUT2D eigenvalue weighted by Gasteiger charge is 2.41. The van der Waals surface area contributed by atoms with Crippen LogP contribution in [0.5, 0.6) is 0 Å². The first-order chi connectivity index (χ1) is 15.8. The zero-order chi connectivity index (χ0) is 23.7. The smallest absolute Gasteiger partial charge is 0.335 e. The molecule has 2 N–H and O–H groups in total. The normalized spacial score (nSPS) is 17.9. The van der Waals surface area contributed by atoms with Crippen LogP contribution in [0.2, 0.25) is 0 Å². The Balaban J connectivity index is 1.85. The van der Waals surface area contributed by atoms with E-state index in [0.717, 1.165) is 33.9 Å². The van der Waals surface area contributed by atoms with Crippen molar-refractivity contribution in [2.45, 2.75) is 32.9 Å². The fourth-order valence-corrected chi connectivity index (χ4v) is 4.95. The molecule has 172 valence electrons. The third-order valence-electron chi connectivity index (χ3n) is 6.22. The monoisotopic (exact) mass is 464 g/mol. The van der Waals surface area contributed by atoms with E-state index in [-0.39, 0.29) is 17.6 Å². The van der Waals surface area contributed by atoms with Crippen LogP contribution >= 0.6 is 12.2 Å². The lowest BCUT2D eigenvalue weighted by molar-refractivity contribution is 0.0697. The number of nitrogens with one attached hydrogen (secondary N) is 1. The molecule has 4 rings (SSSR count). The van der Waals surface area contributed by atoms with Gasteiger partial charge >= 0.3 is 5.97 Å². The number of ether oxygens (including phenoxy) is 1. The van der Waals surface area contributed by atoms with Crippen molar-refractivity contribution < 1.29 is 14.6 Å². The lowest BCUT2D eigenvalue weighted by Gasteiger charge is -2.28. The van der Waals surface area contributed by atoms with Gasteiger partial charge in [-0.3, -0.25) is 4.98 Å². The van der Waals surface area contributed by atoms with E-state index in [1.165, 1.54) is 0 Å². The number of aromatic carboxylic acids is 1. The number of hydrogen-bond acceptors (Lipinski definition) is 4. The molecule has 1 aliphatic heterocycles. The molecule has 2 aromatic heterocycles. The molecule has 1 fully saturated rings. The summed E-state index contributed by atoms with van der Waals surface area (Å²) in [6, 6.07) is 13.1. The highest BCUT2D eigenvalue weighted by Crippen LogP contribution is 2.41. The first kappa shape index (κ1) is 22.9. The number of nitrogens with zero attached hydrogens (tertiary/aromatic N) is 3. The second-order valence-electron chi connectivity index (χ2n) is 8.28. The lowest BCUT2D eigenvalue weighted by atomic mass is 9.97. The summed E-state index contributed by atoms with van der Waals surface area (Å²) in [6.45, 7) is 7.30. The van der Waals surface area contributed by atoms with Gasteiger partial charge in [-0.1, -0.05) is 12.1 Å². The van der Waals surface area contributed by atoms with E-state index in [9.17, 15) is 9.90 Å². The molecule has 1 aliphatic rings. The molecule has 0 saturated carbocycles. The summed E-state index contributed by atoms with van der Waals surface area (Å²) in [6.07, 6.45) is 1.79. The van der Waals surface area contributed by atoms with Crippen LogP contribution in [-0.2, 0) is 4.74 Å². The fraction of sp³-hybridized carbons (Fsp3) is 0.320. The Labute approximate surface area is 199 Å². The van der Waals surface area contributed by atoms with E-state index in [1.807, 2.05) is 38.1 Å². The van der Waals surface area contributed by atoms with Crippen molar-refractivity contribution in [2.24, 2.45) is 0 Å². The first-order valence-corrected chi connectivity index (χ1v) is 11.2. The van der Waals surface area contributed by atoms with Crippen LogP contribution in [0, 0.1) is 20.8 Å². The molecule has 3 aromatic rings. The van der Waals surface area contributed by atoms with Crippen molar-refractivity contribution in [3.8, 4) is 5.69 Å². The van der Waals surface area contributed by atoms with E-state index in [1.54, 1.807) is 25.4 Å². The summed E-state index contributed by atoms with van der Waals surface area (Å²) < 4.78 is 7.48. The molecule has 1 saturated heterocycles. The third kappa shape index (κ3) is 4.24. The van der Waals surface area contributed by atoms with E-state index >= 15 is 0 Å². The Morgan fingerprint density at radius 3 is 2.67 bits per heavy atom. The number of aromatic nitrogens is 2. The minimum atomic E-state index is -0.940. The Bertz CT molecular complexity index is 1190. The zero-order valence-electron chi connectivity index (χ0n) is 19.2. The second kappa shape index (κ2) is 9.33. The van der Waals surface area contributed by atoms with Gasteiger partial charge in [0.15, 0.2) is 5.11 Å². The van der Waals surface area contributed by atoms with Crippen LogP contribution in [-0.4, -0.2) is 50.9 Å². The van der Waals surface area contributed by atoms with E-state index in [4.69, 9.17) is 17.0 Å². The molecule has 0 aliphatic carbocycles. The number of rotatable bonds is 7. The highest BCUT2D eigenvalue weighted by molar-refractivity contribution is 7.80. The van der Waals surface area contributed by atoms with Crippen molar-refractivity contribution >= 4 is 23.3 Å². The van der Waals surface area contributed by atoms with Gasteiger partial charge in [-0.25, -0.2) is 4.79 Å². The van der Waals surface area contributed by atoms with Crippen LogP contribution in [0.1, 0.15) is 50.7 Å². The number of thiocarbonyl (C=S) groups is 1. The molecule has 0 bridgehead atoms. The number of carboxylic acid groups (broad SMARTS) is 1. The van der Waals surface area contributed by atoms with Crippen LogP contribution < -0.4 is 5.32 Å². The molecule has 0 spiro atoms. The topological polar surface area (TPSA) is 79.6 Å². The summed E-state index contributed by atoms with van der Waals surface area (Å²) in [7, 11) is 1.68. The Morgan fingerprint density at radius 1 is 1.21 bits per heavy atom. The van der Waals surface area contributed by atoms with Gasteiger partial charge in [-0.2, -0.15) is 0 Å². The number of carbonyl (C=O) groups is 1. The van der Waals surface area contributed by atoms with Crippen LogP contribution in [0.4, 0.5) is 0 Å². The minimum Gasteiger partial charge on any atom is -0.478 e. The Hall–Kier alpha value is -3.23. The minimum absolute atomic E-state index is 0.0783. The van der Waals surface area contributed by atoms with Gasteiger partial charge in [0, 0.05) is 36.9 Å². The largest absolute Gasteiger partial charge is 0.478 e. The van der Waals surface area contributed by atoms with Crippen molar-refractivity contribution in [3.05, 3.63) is 82.4 Å². The molecule has 0 radical (unpaired) electrons. The quantitative estimate of drug-likeness (QED) is 0.509. The van der Waals surface area contributed by atoms with Crippen molar-refractivity contribution in [1.29, 1.82) is 0 Å². The molecule has 2 atom stereocenters.